The van der Waals surface area contributed by atoms with Crippen LogP contribution in [-0.2, 0) is 6.42 Å². The first-order valence-corrected chi connectivity index (χ1v) is 14.1. The molecule has 0 bridgehead atoms. The lowest BCUT2D eigenvalue weighted by Gasteiger charge is -2.20. The number of nitrogens with zero attached hydrogens (tertiary/aromatic N) is 2. The molecule has 2 aromatic carbocycles. The summed E-state index contributed by atoms with van der Waals surface area (Å²) in [5, 5.41) is 3.04. The summed E-state index contributed by atoms with van der Waals surface area (Å²) in [5.74, 6) is -0.303. The summed E-state index contributed by atoms with van der Waals surface area (Å²) in [6.07, 6.45) is 7.63. The van der Waals surface area contributed by atoms with Crippen LogP contribution in [0.5, 0.6) is 0 Å². The number of rotatable bonds is 14. The largest absolute Gasteiger partial charge is 0.352 e. The highest BCUT2D eigenvalue weighted by Crippen LogP contribution is 2.29. The Morgan fingerprint density at radius 1 is 0.944 bits per heavy atom. The number of nitrogens with one attached hydrogen (secondary N) is 1. The van der Waals surface area contributed by atoms with Crippen molar-refractivity contribution in [3.05, 3.63) is 95.1 Å². The third-order valence-corrected chi connectivity index (χ3v) is 7.10. The number of amides is 1. The van der Waals surface area contributed by atoms with Gasteiger partial charge in [-0.2, -0.15) is 0 Å². The predicted octanol–water partition coefficient (Wildman–Crippen LogP) is 6.56. The molecule has 1 unspecified atom stereocenters. The second-order valence-corrected chi connectivity index (χ2v) is 9.93. The summed E-state index contributed by atoms with van der Waals surface area (Å²) in [7, 11) is 0. The van der Waals surface area contributed by atoms with E-state index in [1.807, 2.05) is 24.3 Å². The van der Waals surface area contributed by atoms with E-state index in [-0.39, 0.29) is 17.6 Å². The molecule has 4 nitrogen and oxygen atoms in total. The van der Waals surface area contributed by atoms with E-state index in [0.29, 0.717) is 18.5 Å². The molecule has 0 aliphatic heterocycles. The van der Waals surface area contributed by atoms with E-state index in [4.69, 9.17) is 0 Å². The molecule has 1 amide bonds. The minimum atomic E-state index is -0.247. The number of thioether (sulfide) groups is 1. The Bertz CT molecular complexity index is 1050. The molecule has 192 valence electrons. The van der Waals surface area contributed by atoms with Gasteiger partial charge in [-0.25, -0.2) is 4.39 Å². The quantitative estimate of drug-likeness (QED) is 0.251. The Labute approximate surface area is 219 Å². The molecule has 1 aromatic heterocycles. The topological polar surface area (TPSA) is 45.2 Å². The fourth-order valence-electron chi connectivity index (χ4n) is 4.44. The van der Waals surface area contributed by atoms with Crippen molar-refractivity contribution in [1.29, 1.82) is 0 Å². The molecule has 0 radical (unpaired) electrons. The zero-order valence-electron chi connectivity index (χ0n) is 21.7. The van der Waals surface area contributed by atoms with Gasteiger partial charge in [-0.3, -0.25) is 9.78 Å². The first kappa shape index (κ1) is 27.9. The lowest BCUT2D eigenvalue weighted by Crippen LogP contribution is -2.28. The van der Waals surface area contributed by atoms with Crippen LogP contribution in [0.2, 0.25) is 0 Å². The SMILES string of the molecule is CCCN(CCC)CCc1ccc(C(=O)NCCC(c2ccc(F)cc2)c2ccc(SC)cc2)cn1. The van der Waals surface area contributed by atoms with Gasteiger partial charge in [-0.15, -0.1) is 11.8 Å². The van der Waals surface area contributed by atoms with Gasteiger partial charge in [0.1, 0.15) is 5.82 Å². The Balaban J connectivity index is 1.58. The van der Waals surface area contributed by atoms with Crippen LogP contribution in [0, 0.1) is 5.82 Å². The first-order chi connectivity index (χ1) is 17.5. The van der Waals surface area contributed by atoms with Crippen LogP contribution in [-0.4, -0.2) is 48.2 Å². The lowest BCUT2D eigenvalue weighted by molar-refractivity contribution is 0.0952. The highest BCUT2D eigenvalue weighted by Gasteiger charge is 2.16. The maximum absolute atomic E-state index is 13.5. The number of hydrogen-bond acceptors (Lipinski definition) is 4. The van der Waals surface area contributed by atoms with Crippen molar-refractivity contribution < 1.29 is 9.18 Å². The maximum atomic E-state index is 13.5. The van der Waals surface area contributed by atoms with Gasteiger partial charge in [-0.05, 0) is 86.1 Å². The van der Waals surface area contributed by atoms with E-state index >= 15 is 0 Å². The minimum absolute atomic E-state index is 0.0662. The van der Waals surface area contributed by atoms with E-state index in [1.54, 1.807) is 18.0 Å². The van der Waals surface area contributed by atoms with Crippen LogP contribution in [0.15, 0.2) is 71.8 Å². The second kappa shape index (κ2) is 14.8. The predicted molar refractivity (Wildman–Crippen MR) is 148 cm³/mol. The number of benzene rings is 2. The number of pyridine rings is 1. The molecular formula is C30H38FN3OS. The summed E-state index contributed by atoms with van der Waals surface area (Å²) in [6.45, 7) is 8.12. The van der Waals surface area contributed by atoms with Crippen LogP contribution < -0.4 is 5.32 Å². The van der Waals surface area contributed by atoms with Crippen LogP contribution in [0.1, 0.15) is 66.2 Å². The summed E-state index contributed by atoms with van der Waals surface area (Å²) in [4.78, 5) is 21.0. The van der Waals surface area contributed by atoms with Crippen molar-refractivity contribution in [3.8, 4) is 0 Å². The minimum Gasteiger partial charge on any atom is -0.352 e. The molecule has 36 heavy (non-hydrogen) atoms. The molecule has 0 aliphatic rings. The van der Waals surface area contributed by atoms with E-state index in [2.05, 4.69) is 59.6 Å². The normalized spacial score (nSPS) is 12.0. The number of aromatic nitrogens is 1. The van der Waals surface area contributed by atoms with Crippen molar-refractivity contribution >= 4 is 17.7 Å². The fraction of sp³-hybridized carbons (Fsp3) is 0.400. The molecule has 3 aromatic rings. The molecule has 3 rings (SSSR count). The molecular weight excluding hydrogens is 469 g/mol. The molecule has 0 aliphatic carbocycles. The van der Waals surface area contributed by atoms with Crippen LogP contribution in [0.25, 0.3) is 0 Å². The van der Waals surface area contributed by atoms with Gasteiger partial charge in [0, 0.05) is 42.2 Å². The highest BCUT2D eigenvalue weighted by atomic mass is 32.2. The third-order valence-electron chi connectivity index (χ3n) is 6.36. The van der Waals surface area contributed by atoms with Gasteiger partial charge in [-0.1, -0.05) is 38.1 Å². The molecule has 6 heteroatoms. The van der Waals surface area contributed by atoms with Crippen LogP contribution in [0.4, 0.5) is 4.39 Å². The number of hydrogen-bond donors (Lipinski definition) is 1. The zero-order chi connectivity index (χ0) is 25.8. The van der Waals surface area contributed by atoms with Crippen molar-refractivity contribution in [2.45, 2.75) is 50.3 Å². The lowest BCUT2D eigenvalue weighted by atomic mass is 9.88. The van der Waals surface area contributed by atoms with E-state index < -0.39 is 0 Å². The van der Waals surface area contributed by atoms with Crippen molar-refractivity contribution in [3.63, 3.8) is 0 Å². The van der Waals surface area contributed by atoms with E-state index in [1.165, 1.54) is 17.0 Å². The second-order valence-electron chi connectivity index (χ2n) is 9.05. The van der Waals surface area contributed by atoms with Gasteiger partial charge in [0.25, 0.3) is 5.91 Å². The molecule has 0 saturated carbocycles. The van der Waals surface area contributed by atoms with E-state index in [0.717, 1.165) is 55.7 Å². The van der Waals surface area contributed by atoms with Crippen molar-refractivity contribution in [2.75, 3.05) is 32.4 Å². The Morgan fingerprint density at radius 3 is 2.14 bits per heavy atom. The van der Waals surface area contributed by atoms with Crippen LogP contribution >= 0.6 is 11.8 Å². The fourth-order valence-corrected chi connectivity index (χ4v) is 4.84. The van der Waals surface area contributed by atoms with Gasteiger partial charge in [0.2, 0.25) is 0 Å². The molecule has 0 fully saturated rings. The van der Waals surface area contributed by atoms with E-state index in [9.17, 15) is 9.18 Å². The van der Waals surface area contributed by atoms with Gasteiger partial charge in [0.05, 0.1) is 5.56 Å². The first-order valence-electron chi connectivity index (χ1n) is 12.9. The average Bonchev–Trinajstić information content (AvgIpc) is 2.91. The average molecular weight is 508 g/mol. The standard InChI is InChI=1S/C30H38FN3OS/c1-4-19-34(20-5-2)21-17-27-13-8-25(22-33-27)30(35)32-18-16-29(23-6-11-26(31)12-7-23)24-9-14-28(36-3)15-10-24/h6-15,22,29H,4-5,16-21H2,1-3H3,(H,32,35). The summed E-state index contributed by atoms with van der Waals surface area (Å²) in [5.41, 5.74) is 3.77. The van der Waals surface area contributed by atoms with Gasteiger partial charge < -0.3 is 10.2 Å². The third kappa shape index (κ3) is 8.45. The molecule has 0 saturated heterocycles. The summed E-state index contributed by atoms with van der Waals surface area (Å²) in [6, 6.07) is 18.9. The summed E-state index contributed by atoms with van der Waals surface area (Å²) >= 11 is 1.70. The van der Waals surface area contributed by atoms with Crippen LogP contribution in [0.3, 0.4) is 0 Å². The Kier molecular flexibility index (Phi) is 11.4. The number of carbonyl (C=O) groups excluding carboxylic acids is 1. The van der Waals surface area contributed by atoms with Crippen molar-refractivity contribution in [2.24, 2.45) is 0 Å². The highest BCUT2D eigenvalue weighted by molar-refractivity contribution is 7.98. The van der Waals surface area contributed by atoms with Gasteiger partial charge in [0.15, 0.2) is 0 Å². The van der Waals surface area contributed by atoms with Crippen molar-refractivity contribution in [1.82, 2.24) is 15.2 Å². The molecule has 1 heterocycles. The Hall–Kier alpha value is -2.70. The zero-order valence-corrected chi connectivity index (χ0v) is 22.5. The monoisotopic (exact) mass is 507 g/mol. The number of carbonyl (C=O) groups is 1. The summed E-state index contributed by atoms with van der Waals surface area (Å²) < 4.78 is 13.5. The smallest absolute Gasteiger partial charge is 0.252 e. The van der Waals surface area contributed by atoms with Gasteiger partial charge >= 0.3 is 0 Å². The number of halogens is 1. The molecule has 0 spiro atoms. The maximum Gasteiger partial charge on any atom is 0.252 e. The molecule has 1 atom stereocenters. The molecule has 1 N–H and O–H groups in total. The Morgan fingerprint density at radius 2 is 1.58 bits per heavy atom.